The third-order valence-electron chi connectivity index (χ3n) is 1.08. The molecule has 10 heavy (non-hydrogen) atoms. The Balaban J connectivity index is 3.04. The first kappa shape index (κ1) is 6.86. The highest BCUT2D eigenvalue weighted by atomic mass is 19.1. The van der Waals surface area contributed by atoms with E-state index in [2.05, 4.69) is 6.07 Å². The van der Waals surface area contributed by atoms with E-state index in [0.29, 0.717) is 5.75 Å². The fraction of sp³-hybridized carbons (Fsp3) is 0.143. The molecule has 0 aliphatic carbocycles. The molecule has 1 aromatic carbocycles. The van der Waals surface area contributed by atoms with Gasteiger partial charge >= 0.3 is 0 Å². The number of benzene rings is 1. The normalized spacial score (nSPS) is 9.40. The van der Waals surface area contributed by atoms with Gasteiger partial charge in [0.25, 0.3) is 0 Å². The molecule has 0 fully saturated rings. The van der Waals surface area contributed by atoms with Gasteiger partial charge in [-0.05, 0) is 6.07 Å². The molecule has 1 rings (SSSR count). The predicted molar refractivity (Wildman–Crippen MR) is 33.5 cm³/mol. The average molecular weight is 141 g/mol. The fourth-order valence-electron chi connectivity index (χ4n) is 0.566. The minimum absolute atomic E-state index is 0.388. The Kier molecular flexibility index (Phi) is 1.76. The average Bonchev–Trinajstić information content (AvgIpc) is 1.95. The Labute approximate surface area is 57.9 Å². The maximum Gasteiger partial charge on any atom is 0.172 e. The summed E-state index contributed by atoms with van der Waals surface area (Å²) < 4.78 is 17.0. The first-order valence-electron chi connectivity index (χ1n) is 2.68. The molecule has 1 radical (unpaired) electrons. The molecular weight excluding hydrogens is 135 g/mol. The first-order chi connectivity index (χ1) is 4.74. The molecule has 0 saturated carbocycles. The van der Waals surface area contributed by atoms with Crippen molar-refractivity contribution in [1.82, 2.24) is 0 Å². The van der Waals surface area contributed by atoms with Gasteiger partial charge in [-0.25, -0.2) is 4.39 Å². The van der Waals surface area contributed by atoms with Crippen molar-refractivity contribution in [2.24, 2.45) is 0 Å². The van der Waals surface area contributed by atoms with Gasteiger partial charge in [-0.15, -0.1) is 0 Å². The molecule has 0 aromatic heterocycles. The lowest BCUT2D eigenvalue weighted by Crippen LogP contribution is -1.83. The van der Waals surface area contributed by atoms with E-state index in [9.17, 15) is 4.39 Å². The summed E-state index contributed by atoms with van der Waals surface area (Å²) in [4.78, 5) is 0. The molecule has 0 spiro atoms. The second-order valence-electron chi connectivity index (χ2n) is 1.74. The Morgan fingerprint density at radius 2 is 2.40 bits per heavy atom. The summed E-state index contributed by atoms with van der Waals surface area (Å²) in [5.41, 5.74) is 0. The minimum atomic E-state index is -0.763. The van der Waals surface area contributed by atoms with Gasteiger partial charge in [-0.2, -0.15) is 0 Å². The molecule has 1 aromatic rings. The molecule has 3 heteroatoms. The van der Waals surface area contributed by atoms with Crippen molar-refractivity contribution in [2.45, 2.75) is 0 Å². The van der Waals surface area contributed by atoms with Crippen LogP contribution in [0, 0.1) is 11.9 Å². The van der Waals surface area contributed by atoms with E-state index in [1.807, 2.05) is 0 Å². The Bertz CT molecular complexity index is 235. The first-order valence-corrected chi connectivity index (χ1v) is 2.68. The summed E-state index contributed by atoms with van der Waals surface area (Å²) >= 11 is 0. The largest absolute Gasteiger partial charge is 0.505 e. The molecule has 53 valence electrons. The van der Waals surface area contributed by atoms with Crippen LogP contribution in [0.2, 0.25) is 0 Å². The topological polar surface area (TPSA) is 29.5 Å². The second-order valence-corrected chi connectivity index (χ2v) is 1.74. The van der Waals surface area contributed by atoms with Crippen LogP contribution in [0.4, 0.5) is 4.39 Å². The van der Waals surface area contributed by atoms with Crippen LogP contribution in [-0.4, -0.2) is 12.2 Å². The molecule has 0 saturated heterocycles. The number of phenolic OH excluding ortho intramolecular Hbond substituents is 1. The quantitative estimate of drug-likeness (QED) is 0.639. The highest BCUT2D eigenvalue weighted by molar-refractivity contribution is 5.32. The van der Waals surface area contributed by atoms with Crippen molar-refractivity contribution >= 4 is 0 Å². The number of methoxy groups -OCH3 is 1. The molecule has 0 aliphatic heterocycles. The maximum atomic E-state index is 12.3. The number of phenols is 1. The van der Waals surface area contributed by atoms with Crippen molar-refractivity contribution in [3.05, 3.63) is 24.0 Å². The van der Waals surface area contributed by atoms with E-state index < -0.39 is 11.6 Å². The summed E-state index contributed by atoms with van der Waals surface area (Å²) in [6.45, 7) is 0. The van der Waals surface area contributed by atoms with Crippen LogP contribution in [0.3, 0.4) is 0 Å². The van der Waals surface area contributed by atoms with E-state index >= 15 is 0 Å². The standard InChI is InChI=1S/C7H6FO2/c1-10-5-2-3-6(8)7(9)4-5/h2,4,9H,1H3. The van der Waals surface area contributed by atoms with Crippen LogP contribution in [0.15, 0.2) is 12.1 Å². The summed E-state index contributed by atoms with van der Waals surface area (Å²) in [7, 11) is 1.43. The van der Waals surface area contributed by atoms with Gasteiger partial charge in [0.05, 0.1) is 7.11 Å². The molecule has 2 nitrogen and oxygen atoms in total. The smallest absolute Gasteiger partial charge is 0.172 e. The van der Waals surface area contributed by atoms with E-state index in [0.717, 1.165) is 0 Å². The van der Waals surface area contributed by atoms with Gasteiger partial charge in [0.15, 0.2) is 11.6 Å². The molecule has 0 atom stereocenters. The summed E-state index contributed by atoms with van der Waals surface area (Å²) in [6.07, 6.45) is 0. The summed E-state index contributed by atoms with van der Waals surface area (Å²) in [5, 5.41) is 8.74. The molecule has 0 amide bonds. The van der Waals surface area contributed by atoms with Gasteiger partial charge in [0, 0.05) is 12.1 Å². The van der Waals surface area contributed by atoms with Crippen molar-refractivity contribution in [3.63, 3.8) is 0 Å². The van der Waals surface area contributed by atoms with E-state index in [-0.39, 0.29) is 0 Å². The van der Waals surface area contributed by atoms with Crippen LogP contribution in [-0.2, 0) is 0 Å². The highest BCUT2D eigenvalue weighted by Crippen LogP contribution is 2.20. The maximum absolute atomic E-state index is 12.3. The van der Waals surface area contributed by atoms with Crippen molar-refractivity contribution < 1.29 is 14.2 Å². The third kappa shape index (κ3) is 1.18. The van der Waals surface area contributed by atoms with Crippen molar-refractivity contribution in [1.29, 1.82) is 0 Å². The number of halogens is 1. The van der Waals surface area contributed by atoms with Gasteiger partial charge in [-0.1, -0.05) is 0 Å². The Hall–Kier alpha value is -1.25. The summed E-state index contributed by atoms with van der Waals surface area (Å²) in [6, 6.07) is 4.68. The van der Waals surface area contributed by atoms with E-state index in [1.54, 1.807) is 0 Å². The number of ether oxygens (including phenoxy) is 1. The summed E-state index contributed by atoms with van der Waals surface area (Å²) in [5.74, 6) is -0.820. The zero-order valence-electron chi connectivity index (χ0n) is 5.39. The van der Waals surface area contributed by atoms with Crippen LogP contribution >= 0.6 is 0 Å². The molecular formula is C7H6FO2. The van der Waals surface area contributed by atoms with Gasteiger partial charge in [0.2, 0.25) is 0 Å². The molecule has 0 heterocycles. The number of hydrogen-bond acceptors (Lipinski definition) is 2. The zero-order chi connectivity index (χ0) is 7.56. The van der Waals surface area contributed by atoms with E-state index in [1.165, 1.54) is 19.2 Å². The molecule has 0 aliphatic rings. The monoisotopic (exact) mass is 141 g/mol. The van der Waals surface area contributed by atoms with Crippen molar-refractivity contribution in [3.8, 4) is 11.5 Å². The number of aromatic hydroxyl groups is 1. The van der Waals surface area contributed by atoms with Crippen molar-refractivity contribution in [2.75, 3.05) is 7.11 Å². The van der Waals surface area contributed by atoms with Crippen LogP contribution in [0.1, 0.15) is 0 Å². The third-order valence-corrected chi connectivity index (χ3v) is 1.08. The molecule has 0 bridgehead atoms. The SMILES string of the molecule is COc1c[c]c(F)c(O)c1. The Morgan fingerprint density at radius 1 is 1.70 bits per heavy atom. The minimum Gasteiger partial charge on any atom is -0.505 e. The fourth-order valence-corrected chi connectivity index (χ4v) is 0.566. The molecule has 1 N–H and O–H groups in total. The lowest BCUT2D eigenvalue weighted by Gasteiger charge is -1.98. The Morgan fingerprint density at radius 3 is 2.90 bits per heavy atom. The van der Waals surface area contributed by atoms with Gasteiger partial charge < -0.3 is 9.84 Å². The second kappa shape index (κ2) is 2.56. The highest BCUT2D eigenvalue weighted by Gasteiger charge is 2.00. The number of rotatable bonds is 1. The van der Waals surface area contributed by atoms with Crippen LogP contribution < -0.4 is 4.74 Å². The van der Waals surface area contributed by atoms with Crippen LogP contribution in [0.25, 0.3) is 0 Å². The van der Waals surface area contributed by atoms with Crippen LogP contribution in [0.5, 0.6) is 11.5 Å². The lowest BCUT2D eigenvalue weighted by molar-refractivity contribution is 0.396. The number of hydrogen-bond donors (Lipinski definition) is 1. The molecule has 0 unspecified atom stereocenters. The van der Waals surface area contributed by atoms with E-state index in [4.69, 9.17) is 9.84 Å². The van der Waals surface area contributed by atoms with Gasteiger partial charge in [0.1, 0.15) is 5.75 Å². The van der Waals surface area contributed by atoms with Gasteiger partial charge in [-0.3, -0.25) is 0 Å². The predicted octanol–water partition coefficient (Wildman–Crippen LogP) is 1.34. The lowest BCUT2D eigenvalue weighted by atomic mass is 10.3. The zero-order valence-corrected chi connectivity index (χ0v) is 5.39.